The highest BCUT2D eigenvalue weighted by molar-refractivity contribution is 5.94. The smallest absolute Gasteiger partial charge is 0.253 e. The van der Waals surface area contributed by atoms with Crippen molar-refractivity contribution in [2.75, 3.05) is 40.3 Å². The molecule has 2 fully saturated rings. The van der Waals surface area contributed by atoms with Crippen molar-refractivity contribution in [2.45, 2.75) is 37.4 Å². The summed E-state index contributed by atoms with van der Waals surface area (Å²) < 4.78 is 0. The van der Waals surface area contributed by atoms with Crippen LogP contribution in [-0.4, -0.2) is 88.1 Å². The van der Waals surface area contributed by atoms with Gasteiger partial charge in [-0.2, -0.15) is 0 Å². The third-order valence-electron chi connectivity index (χ3n) is 7.64. The summed E-state index contributed by atoms with van der Waals surface area (Å²) in [6, 6.07) is 17.1. The van der Waals surface area contributed by atoms with Gasteiger partial charge in [0, 0.05) is 68.7 Å². The number of benzene rings is 2. The number of rotatable bonds is 6. The van der Waals surface area contributed by atoms with Crippen LogP contribution in [0.5, 0.6) is 0 Å². The van der Waals surface area contributed by atoms with Crippen LogP contribution in [0.3, 0.4) is 0 Å². The van der Waals surface area contributed by atoms with Gasteiger partial charge in [-0.25, -0.2) is 9.97 Å². The van der Waals surface area contributed by atoms with Gasteiger partial charge in [-0.3, -0.25) is 14.6 Å². The molecule has 7 nitrogen and oxygen atoms in total. The molecule has 0 saturated carbocycles. The highest BCUT2D eigenvalue weighted by atomic mass is 16.3. The van der Waals surface area contributed by atoms with Crippen molar-refractivity contribution in [3.05, 3.63) is 83.9 Å². The summed E-state index contributed by atoms with van der Waals surface area (Å²) >= 11 is 0. The maximum atomic E-state index is 12.2. The van der Waals surface area contributed by atoms with Crippen molar-refractivity contribution >= 4 is 5.91 Å². The zero-order valence-corrected chi connectivity index (χ0v) is 21.1. The van der Waals surface area contributed by atoms with Crippen LogP contribution in [0, 0.1) is 0 Å². The molecule has 5 rings (SSSR count). The van der Waals surface area contributed by atoms with Crippen LogP contribution in [-0.2, 0) is 6.54 Å². The maximum Gasteiger partial charge on any atom is 0.253 e. The predicted octanol–water partition coefficient (Wildman–Crippen LogP) is 3.27. The Bertz CT molecular complexity index is 1150. The highest BCUT2D eigenvalue weighted by Gasteiger charge is 2.49. The molecule has 3 heterocycles. The molecule has 188 valence electrons. The average molecular weight is 486 g/mol. The van der Waals surface area contributed by atoms with Crippen molar-refractivity contribution < 1.29 is 9.90 Å². The van der Waals surface area contributed by atoms with Crippen molar-refractivity contribution in [3.63, 3.8) is 0 Å². The molecule has 0 aliphatic carbocycles. The summed E-state index contributed by atoms with van der Waals surface area (Å²) in [6.45, 7) is 4.12. The molecule has 2 aliphatic rings. The second-order valence-corrected chi connectivity index (χ2v) is 10.2. The van der Waals surface area contributed by atoms with Crippen molar-refractivity contribution in [1.29, 1.82) is 0 Å². The van der Waals surface area contributed by atoms with Crippen LogP contribution >= 0.6 is 0 Å². The highest BCUT2D eigenvalue weighted by Crippen LogP contribution is 2.42. The van der Waals surface area contributed by atoms with Gasteiger partial charge in [-0.05, 0) is 54.8 Å². The Labute approximate surface area is 213 Å². The van der Waals surface area contributed by atoms with Gasteiger partial charge in [0.15, 0.2) is 0 Å². The Balaban J connectivity index is 1.33. The topological polar surface area (TPSA) is 72.8 Å². The molecule has 1 N–H and O–H groups in total. The number of carbonyl (C=O) groups is 1. The molecule has 2 aromatic carbocycles. The number of hydrogen-bond acceptors (Lipinski definition) is 6. The van der Waals surface area contributed by atoms with E-state index in [0.29, 0.717) is 17.5 Å². The summed E-state index contributed by atoms with van der Waals surface area (Å²) in [7, 11) is 3.53. The Morgan fingerprint density at radius 1 is 0.972 bits per heavy atom. The minimum Gasteiger partial charge on any atom is -0.395 e. The van der Waals surface area contributed by atoms with Gasteiger partial charge in [-0.15, -0.1) is 0 Å². The van der Waals surface area contributed by atoms with Crippen LogP contribution < -0.4 is 0 Å². The van der Waals surface area contributed by atoms with E-state index >= 15 is 0 Å². The molecule has 1 aromatic heterocycles. The van der Waals surface area contributed by atoms with E-state index in [0.717, 1.165) is 55.7 Å². The average Bonchev–Trinajstić information content (AvgIpc) is 2.89. The standard InChI is InChI=1S/C29H35N5O2/c1-32(2)29(36)25-11-7-23(8-12-25)22-5-9-24(10-6-22)28-26-18-33(17-21-15-30-20-31-16-21)13-3-4-14-34(26)27(28)19-35/h5-12,15-16,20,26-28,35H,3-4,13-14,17-19H2,1-2H3/t26-,27+,28-/m0/s1. The summed E-state index contributed by atoms with van der Waals surface area (Å²) in [5, 5.41) is 10.3. The summed E-state index contributed by atoms with van der Waals surface area (Å²) in [5.74, 6) is 0.311. The van der Waals surface area contributed by atoms with E-state index in [1.807, 2.05) is 36.7 Å². The number of aromatic nitrogens is 2. The zero-order chi connectivity index (χ0) is 25.1. The number of nitrogens with zero attached hydrogens (tertiary/aromatic N) is 5. The number of hydrogen-bond donors (Lipinski definition) is 1. The van der Waals surface area contributed by atoms with E-state index in [4.69, 9.17) is 0 Å². The van der Waals surface area contributed by atoms with Crippen LogP contribution in [0.25, 0.3) is 11.1 Å². The second kappa shape index (κ2) is 10.9. The number of aliphatic hydroxyl groups excluding tert-OH is 1. The largest absolute Gasteiger partial charge is 0.395 e. The first-order valence-electron chi connectivity index (χ1n) is 12.8. The molecule has 3 atom stereocenters. The van der Waals surface area contributed by atoms with Gasteiger partial charge < -0.3 is 10.0 Å². The Morgan fingerprint density at radius 3 is 2.25 bits per heavy atom. The summed E-state index contributed by atoms with van der Waals surface area (Å²) in [4.78, 5) is 27.2. The minimum absolute atomic E-state index is 0.00881. The van der Waals surface area contributed by atoms with E-state index < -0.39 is 0 Å². The van der Waals surface area contributed by atoms with Crippen molar-refractivity contribution in [2.24, 2.45) is 0 Å². The van der Waals surface area contributed by atoms with Crippen molar-refractivity contribution in [1.82, 2.24) is 24.7 Å². The van der Waals surface area contributed by atoms with E-state index in [2.05, 4.69) is 44.0 Å². The van der Waals surface area contributed by atoms with Gasteiger partial charge in [0.2, 0.25) is 0 Å². The molecule has 2 aliphatic heterocycles. The van der Waals surface area contributed by atoms with E-state index in [1.54, 1.807) is 25.3 Å². The molecule has 7 heteroatoms. The van der Waals surface area contributed by atoms with E-state index in [9.17, 15) is 9.90 Å². The monoisotopic (exact) mass is 485 g/mol. The lowest BCUT2D eigenvalue weighted by atomic mass is 9.74. The van der Waals surface area contributed by atoms with Crippen LogP contribution in [0.2, 0.25) is 0 Å². The van der Waals surface area contributed by atoms with Crippen LogP contribution in [0.1, 0.15) is 40.2 Å². The molecule has 0 radical (unpaired) electrons. The van der Waals surface area contributed by atoms with Crippen molar-refractivity contribution in [3.8, 4) is 11.1 Å². The molecular weight excluding hydrogens is 450 g/mol. The molecule has 36 heavy (non-hydrogen) atoms. The lowest BCUT2D eigenvalue weighted by molar-refractivity contribution is -0.0655. The number of fused-ring (bicyclic) bond motifs is 1. The lowest BCUT2D eigenvalue weighted by Crippen LogP contribution is -2.67. The predicted molar refractivity (Wildman–Crippen MR) is 141 cm³/mol. The molecule has 2 saturated heterocycles. The zero-order valence-electron chi connectivity index (χ0n) is 21.1. The van der Waals surface area contributed by atoms with Gasteiger partial charge in [-0.1, -0.05) is 36.4 Å². The number of aliphatic hydroxyl groups is 1. The summed E-state index contributed by atoms with van der Waals surface area (Å²) in [6.07, 6.45) is 7.69. The van der Waals surface area contributed by atoms with Crippen LogP contribution in [0.15, 0.2) is 67.3 Å². The second-order valence-electron chi connectivity index (χ2n) is 10.2. The molecule has 0 spiro atoms. The molecule has 1 amide bonds. The minimum atomic E-state index is 0.00881. The normalized spacial score (nSPS) is 22.7. The molecule has 3 aromatic rings. The fourth-order valence-electron chi connectivity index (χ4n) is 5.79. The van der Waals surface area contributed by atoms with E-state index in [1.165, 1.54) is 5.56 Å². The first-order chi connectivity index (χ1) is 17.5. The van der Waals surface area contributed by atoms with Gasteiger partial charge in [0.05, 0.1) is 6.61 Å². The maximum absolute atomic E-state index is 12.2. The summed E-state index contributed by atoms with van der Waals surface area (Å²) in [5.41, 5.74) is 5.33. The fraction of sp³-hybridized carbons (Fsp3) is 0.414. The number of carbonyl (C=O) groups excluding carboxylic acids is 1. The van der Waals surface area contributed by atoms with Gasteiger partial charge in [0.25, 0.3) is 5.91 Å². The SMILES string of the molecule is CN(C)C(=O)c1ccc(-c2ccc([C@@H]3[C@@H](CO)N4CCCCN(Cc5cncnc5)C[C@@H]34)cc2)cc1. The quantitative estimate of drug-likeness (QED) is 0.578. The first-order valence-corrected chi connectivity index (χ1v) is 12.8. The van der Waals surface area contributed by atoms with E-state index in [-0.39, 0.29) is 18.6 Å². The van der Waals surface area contributed by atoms with Gasteiger partial charge in [0.1, 0.15) is 6.33 Å². The lowest BCUT2D eigenvalue weighted by Gasteiger charge is -2.57. The Hall–Kier alpha value is -3.13. The molecule has 0 unspecified atom stereocenters. The molecule has 0 bridgehead atoms. The first kappa shape index (κ1) is 24.6. The Morgan fingerprint density at radius 2 is 1.61 bits per heavy atom. The Kier molecular flexibility index (Phi) is 7.41. The fourth-order valence-corrected chi connectivity index (χ4v) is 5.79. The third-order valence-corrected chi connectivity index (χ3v) is 7.64. The molecular formula is C29H35N5O2. The van der Waals surface area contributed by atoms with Gasteiger partial charge >= 0.3 is 0 Å². The number of amides is 1. The third kappa shape index (κ3) is 5.05. The van der Waals surface area contributed by atoms with Crippen LogP contribution in [0.4, 0.5) is 0 Å².